The van der Waals surface area contributed by atoms with Gasteiger partial charge in [-0.05, 0) is 18.1 Å². The molecule has 10 heteroatoms. The smallest absolute Gasteiger partial charge is 0.296 e. The van der Waals surface area contributed by atoms with Crippen molar-refractivity contribution in [3.8, 4) is 0 Å². The van der Waals surface area contributed by atoms with E-state index in [0.29, 0.717) is 13.0 Å². The van der Waals surface area contributed by atoms with Gasteiger partial charge >= 0.3 is 6.18 Å². The molecule has 0 spiro atoms. The first-order valence-corrected chi connectivity index (χ1v) is 7.78. The first-order chi connectivity index (χ1) is 10.2. The molecule has 22 heavy (non-hydrogen) atoms. The Labute approximate surface area is 125 Å². The monoisotopic (exact) mass is 337 g/mol. The Bertz CT molecular complexity index is 676. The van der Waals surface area contributed by atoms with Crippen LogP contribution >= 0.6 is 0 Å². The van der Waals surface area contributed by atoms with Gasteiger partial charge in [0.25, 0.3) is 10.2 Å². The lowest BCUT2D eigenvalue weighted by Crippen LogP contribution is -2.47. The number of aldehydes is 1. The second-order valence-corrected chi connectivity index (χ2v) is 6.94. The molecular weight excluding hydrogens is 323 g/mol. The van der Waals surface area contributed by atoms with Gasteiger partial charge in [-0.1, -0.05) is 0 Å². The summed E-state index contributed by atoms with van der Waals surface area (Å²) < 4.78 is 65.0. The van der Waals surface area contributed by atoms with Crippen molar-refractivity contribution in [1.82, 2.24) is 13.6 Å². The molecule has 122 valence electrons. The van der Waals surface area contributed by atoms with Crippen molar-refractivity contribution in [2.24, 2.45) is 0 Å². The Morgan fingerprint density at radius 2 is 2.05 bits per heavy atom. The van der Waals surface area contributed by atoms with Crippen LogP contribution in [-0.4, -0.2) is 48.4 Å². The van der Waals surface area contributed by atoms with Crippen LogP contribution in [0.5, 0.6) is 0 Å². The lowest BCUT2D eigenvalue weighted by atomic mass is 10.1. The molecule has 1 aliphatic rings. The molecule has 0 aromatic carbocycles. The minimum atomic E-state index is -4.73. The molecule has 1 saturated heterocycles. The Hall–Kier alpha value is -1.52. The van der Waals surface area contributed by atoms with Crippen molar-refractivity contribution in [1.29, 1.82) is 0 Å². The van der Waals surface area contributed by atoms with Crippen LogP contribution < -0.4 is 0 Å². The molecule has 2 heterocycles. The molecule has 1 aromatic rings. The topological polar surface area (TPSA) is 70.6 Å². The van der Waals surface area contributed by atoms with Crippen molar-refractivity contribution >= 4 is 16.5 Å². The van der Waals surface area contributed by atoms with Crippen LogP contribution in [0.4, 0.5) is 13.2 Å². The number of hydrogen-bond acceptors (Lipinski definition) is 4. The maximum atomic E-state index is 12.9. The highest BCUT2D eigenvalue weighted by Crippen LogP contribution is 2.31. The van der Waals surface area contributed by atoms with Crippen LogP contribution in [0.1, 0.15) is 28.0 Å². The Kier molecular flexibility index (Phi) is 4.54. The first kappa shape index (κ1) is 16.8. The average Bonchev–Trinajstić information content (AvgIpc) is 2.43. The van der Waals surface area contributed by atoms with Crippen LogP contribution in [0.25, 0.3) is 0 Å². The van der Waals surface area contributed by atoms with Crippen LogP contribution in [0.3, 0.4) is 0 Å². The first-order valence-electron chi connectivity index (χ1n) is 6.39. The molecule has 0 unspecified atom stereocenters. The number of carbonyl (C=O) groups excluding carboxylic acids is 1. The Morgan fingerprint density at radius 3 is 2.64 bits per heavy atom. The van der Waals surface area contributed by atoms with Gasteiger partial charge in [0, 0.05) is 32.9 Å². The van der Waals surface area contributed by atoms with E-state index in [1.165, 1.54) is 7.05 Å². The van der Waals surface area contributed by atoms with Gasteiger partial charge in [0.15, 0.2) is 6.29 Å². The molecule has 6 nitrogen and oxygen atoms in total. The molecule has 2 rings (SSSR count). The van der Waals surface area contributed by atoms with Crippen molar-refractivity contribution < 1.29 is 26.4 Å². The zero-order chi connectivity index (χ0) is 16.5. The number of hydrogen-bond donors (Lipinski definition) is 0. The quantitative estimate of drug-likeness (QED) is 0.780. The molecule has 1 fully saturated rings. The third-order valence-electron chi connectivity index (χ3n) is 3.35. The highest BCUT2D eigenvalue weighted by molar-refractivity contribution is 7.86. The van der Waals surface area contributed by atoms with Gasteiger partial charge in [0.1, 0.15) is 5.69 Å². The van der Waals surface area contributed by atoms with E-state index in [-0.39, 0.29) is 24.9 Å². The van der Waals surface area contributed by atoms with E-state index >= 15 is 0 Å². The molecule has 0 aliphatic carbocycles. The summed E-state index contributed by atoms with van der Waals surface area (Å²) in [5, 5.41) is 0. The summed E-state index contributed by atoms with van der Waals surface area (Å²) in [6.45, 7) is 0.375. The summed E-state index contributed by atoms with van der Waals surface area (Å²) in [7, 11) is -2.26. The average molecular weight is 337 g/mol. The largest absolute Gasteiger partial charge is 0.418 e. The van der Waals surface area contributed by atoms with Gasteiger partial charge in [-0.15, -0.1) is 0 Å². The third kappa shape index (κ3) is 3.28. The summed E-state index contributed by atoms with van der Waals surface area (Å²) in [5.41, 5.74) is -1.80. The fraction of sp³-hybridized carbons (Fsp3) is 0.500. The van der Waals surface area contributed by atoms with Gasteiger partial charge in [-0.2, -0.15) is 30.2 Å². The molecule has 0 radical (unpaired) electrons. The second kappa shape index (κ2) is 5.94. The van der Waals surface area contributed by atoms with E-state index in [1.54, 1.807) is 0 Å². The van der Waals surface area contributed by atoms with E-state index in [9.17, 15) is 26.4 Å². The molecule has 0 bridgehead atoms. The Balaban J connectivity index is 2.33. The lowest BCUT2D eigenvalue weighted by Gasteiger charge is -2.32. The van der Waals surface area contributed by atoms with Crippen molar-refractivity contribution in [2.75, 3.05) is 20.1 Å². The molecule has 1 aliphatic heterocycles. The van der Waals surface area contributed by atoms with Crippen LogP contribution in [0, 0.1) is 0 Å². The second-order valence-electron chi connectivity index (χ2n) is 4.91. The zero-order valence-corrected chi connectivity index (χ0v) is 12.5. The maximum Gasteiger partial charge on any atom is 0.418 e. The highest BCUT2D eigenvalue weighted by atomic mass is 32.2. The summed E-state index contributed by atoms with van der Waals surface area (Å²) in [6, 6.07) is 0.765. The van der Waals surface area contributed by atoms with Gasteiger partial charge < -0.3 is 0 Å². The summed E-state index contributed by atoms with van der Waals surface area (Å²) in [6.07, 6.45) is -3.03. The molecule has 0 amide bonds. The minimum Gasteiger partial charge on any atom is -0.296 e. The predicted molar refractivity (Wildman–Crippen MR) is 71.2 cm³/mol. The van der Waals surface area contributed by atoms with E-state index < -0.39 is 27.6 Å². The number of carbonyl (C=O) groups is 1. The number of pyridine rings is 1. The molecule has 0 atom stereocenters. The van der Waals surface area contributed by atoms with Crippen LogP contribution in [0.15, 0.2) is 12.3 Å². The van der Waals surface area contributed by atoms with Gasteiger partial charge in [-0.25, -0.2) is 0 Å². The van der Waals surface area contributed by atoms with Crippen LogP contribution in [-0.2, 0) is 22.9 Å². The Morgan fingerprint density at radius 1 is 1.36 bits per heavy atom. The van der Waals surface area contributed by atoms with Crippen molar-refractivity contribution in [3.05, 3.63) is 29.1 Å². The number of halogens is 3. The highest BCUT2D eigenvalue weighted by Gasteiger charge is 2.35. The molecule has 1 aromatic heterocycles. The predicted octanol–water partition coefficient (Wildman–Crippen LogP) is 1.30. The summed E-state index contributed by atoms with van der Waals surface area (Å²) in [4.78, 5) is 14.1. The van der Waals surface area contributed by atoms with Crippen LogP contribution in [0.2, 0.25) is 0 Å². The zero-order valence-electron chi connectivity index (χ0n) is 11.7. The number of alkyl halides is 3. The van der Waals surface area contributed by atoms with Gasteiger partial charge in [0.05, 0.1) is 5.56 Å². The van der Waals surface area contributed by atoms with Gasteiger partial charge in [0.2, 0.25) is 0 Å². The molecule has 0 saturated carbocycles. The fourth-order valence-electron chi connectivity index (χ4n) is 2.19. The van der Waals surface area contributed by atoms with Gasteiger partial charge in [-0.3, -0.25) is 9.78 Å². The summed E-state index contributed by atoms with van der Waals surface area (Å²) in [5.74, 6) is 0. The summed E-state index contributed by atoms with van der Waals surface area (Å²) >= 11 is 0. The third-order valence-corrected chi connectivity index (χ3v) is 5.29. The normalized spacial score (nSPS) is 20.0. The molecule has 0 N–H and O–H groups in total. The number of aromatic nitrogens is 1. The lowest BCUT2D eigenvalue weighted by molar-refractivity contribution is -0.138. The molecular formula is C12H14F3N3O3S. The maximum absolute atomic E-state index is 12.9. The van der Waals surface area contributed by atoms with E-state index in [2.05, 4.69) is 4.98 Å². The standard InChI is InChI=1S/C12H14F3N3O3S/c1-17-3-2-4-18(22(17,20)21)7-9-5-10(12(13,14)15)11(8-19)16-6-9/h5-6,8H,2-4,7H2,1H3. The van der Waals surface area contributed by atoms with E-state index in [4.69, 9.17) is 0 Å². The van der Waals surface area contributed by atoms with E-state index in [1.807, 2.05) is 0 Å². The minimum absolute atomic E-state index is 0.0258. The number of rotatable bonds is 3. The van der Waals surface area contributed by atoms with E-state index in [0.717, 1.165) is 20.9 Å². The fourth-order valence-corrected chi connectivity index (χ4v) is 3.61. The SMILES string of the molecule is CN1CCCN(Cc2cnc(C=O)c(C(F)(F)F)c2)S1(=O)=O. The van der Waals surface area contributed by atoms with Crippen molar-refractivity contribution in [2.45, 2.75) is 19.1 Å². The van der Waals surface area contributed by atoms with Crippen molar-refractivity contribution in [3.63, 3.8) is 0 Å². The number of nitrogens with zero attached hydrogens (tertiary/aromatic N) is 3.